The molecule has 0 saturated carbocycles. The molecule has 2 rings (SSSR count). The van der Waals surface area contributed by atoms with Crippen LogP contribution in [-0.4, -0.2) is 10.4 Å². The standard InChI is InChI=1S/C15H14NO3/c17-16(18)10-9-13-7-4-8-15(11-13)19-12-14-5-2-1-3-6-14/h1-11,17H,12H2/q-1. The Balaban J connectivity index is 1.99. The summed E-state index contributed by atoms with van der Waals surface area (Å²) in [5.41, 5.74) is 1.87. The lowest BCUT2D eigenvalue weighted by Crippen LogP contribution is -1.98. The molecule has 2 aromatic rings. The Bertz CT molecular complexity index is 538. The van der Waals surface area contributed by atoms with E-state index in [1.54, 1.807) is 6.07 Å². The van der Waals surface area contributed by atoms with Crippen LogP contribution in [0.25, 0.3) is 6.08 Å². The molecule has 0 fully saturated rings. The fourth-order valence-electron chi connectivity index (χ4n) is 1.60. The van der Waals surface area contributed by atoms with Gasteiger partial charge in [0.2, 0.25) is 0 Å². The molecule has 0 aliphatic rings. The van der Waals surface area contributed by atoms with Crippen LogP contribution in [0, 0.1) is 5.21 Å². The maximum absolute atomic E-state index is 10.4. The van der Waals surface area contributed by atoms with Crippen LogP contribution in [-0.2, 0) is 6.61 Å². The molecule has 4 nitrogen and oxygen atoms in total. The molecule has 0 bridgehead atoms. The zero-order chi connectivity index (χ0) is 13.5. The first-order valence-electron chi connectivity index (χ1n) is 5.84. The summed E-state index contributed by atoms with van der Waals surface area (Å²) in [6.45, 7) is 0.488. The van der Waals surface area contributed by atoms with Gasteiger partial charge in [0, 0.05) is 6.20 Å². The van der Waals surface area contributed by atoms with Gasteiger partial charge in [0.1, 0.15) is 12.4 Å². The van der Waals surface area contributed by atoms with Gasteiger partial charge in [-0.2, -0.15) is 0 Å². The number of rotatable bonds is 5. The summed E-state index contributed by atoms with van der Waals surface area (Å²) < 4.78 is 5.65. The summed E-state index contributed by atoms with van der Waals surface area (Å²) in [5.74, 6) is 0.710. The minimum absolute atomic E-state index is 0.239. The highest BCUT2D eigenvalue weighted by Crippen LogP contribution is 2.16. The van der Waals surface area contributed by atoms with Crippen molar-refractivity contribution in [2.45, 2.75) is 6.61 Å². The van der Waals surface area contributed by atoms with Gasteiger partial charge >= 0.3 is 0 Å². The Morgan fingerprint density at radius 1 is 1.11 bits per heavy atom. The minimum Gasteiger partial charge on any atom is -0.734 e. The Labute approximate surface area is 111 Å². The number of hydroxylamine groups is 2. The van der Waals surface area contributed by atoms with Crippen molar-refractivity contribution in [1.29, 1.82) is 0 Å². The molecule has 0 heterocycles. The zero-order valence-electron chi connectivity index (χ0n) is 10.3. The van der Waals surface area contributed by atoms with Crippen molar-refractivity contribution in [3.05, 3.63) is 77.1 Å². The van der Waals surface area contributed by atoms with Crippen LogP contribution in [0.4, 0.5) is 0 Å². The van der Waals surface area contributed by atoms with Crippen molar-refractivity contribution < 1.29 is 9.94 Å². The van der Waals surface area contributed by atoms with Gasteiger partial charge in [0.15, 0.2) is 0 Å². The lowest BCUT2D eigenvalue weighted by Gasteiger charge is -2.15. The van der Waals surface area contributed by atoms with Gasteiger partial charge in [0.25, 0.3) is 0 Å². The second kappa shape index (κ2) is 6.58. The number of hydrogen-bond acceptors (Lipinski definition) is 4. The number of benzene rings is 2. The van der Waals surface area contributed by atoms with Crippen molar-refractivity contribution in [3.8, 4) is 5.75 Å². The van der Waals surface area contributed by atoms with E-state index in [-0.39, 0.29) is 5.23 Å². The van der Waals surface area contributed by atoms with Gasteiger partial charge in [-0.1, -0.05) is 42.5 Å². The van der Waals surface area contributed by atoms with E-state index in [4.69, 9.17) is 9.94 Å². The van der Waals surface area contributed by atoms with Crippen LogP contribution in [0.5, 0.6) is 5.75 Å². The quantitative estimate of drug-likeness (QED) is 0.833. The Hall–Kier alpha value is -2.30. The highest BCUT2D eigenvalue weighted by molar-refractivity contribution is 5.51. The van der Waals surface area contributed by atoms with Gasteiger partial charge in [-0.05, 0) is 29.3 Å². The van der Waals surface area contributed by atoms with Crippen molar-refractivity contribution in [2.75, 3.05) is 0 Å². The van der Waals surface area contributed by atoms with E-state index in [9.17, 15) is 5.21 Å². The summed E-state index contributed by atoms with van der Waals surface area (Å²) in [7, 11) is 0. The molecule has 0 unspecified atom stereocenters. The van der Waals surface area contributed by atoms with E-state index in [1.807, 2.05) is 48.5 Å². The molecule has 0 amide bonds. The van der Waals surface area contributed by atoms with Crippen molar-refractivity contribution >= 4 is 6.08 Å². The summed E-state index contributed by atoms with van der Waals surface area (Å²) in [6.07, 6.45) is 2.53. The Morgan fingerprint density at radius 3 is 2.63 bits per heavy atom. The molecular formula is C15H14NO3-. The molecule has 0 radical (unpaired) electrons. The van der Waals surface area contributed by atoms with Crippen LogP contribution in [0.1, 0.15) is 11.1 Å². The molecule has 0 saturated heterocycles. The third kappa shape index (κ3) is 4.46. The van der Waals surface area contributed by atoms with Crippen molar-refractivity contribution in [2.24, 2.45) is 0 Å². The largest absolute Gasteiger partial charge is 0.734 e. The number of ether oxygens (including phenoxy) is 1. The molecule has 4 heteroatoms. The second-order valence-electron chi connectivity index (χ2n) is 3.97. The normalized spacial score (nSPS) is 10.6. The van der Waals surface area contributed by atoms with Gasteiger partial charge in [-0.3, -0.25) is 5.21 Å². The van der Waals surface area contributed by atoms with Crippen molar-refractivity contribution in [3.63, 3.8) is 0 Å². The average Bonchev–Trinajstić information content (AvgIpc) is 2.44. The molecule has 19 heavy (non-hydrogen) atoms. The van der Waals surface area contributed by atoms with Crippen LogP contribution in [0.3, 0.4) is 0 Å². The Morgan fingerprint density at radius 2 is 1.89 bits per heavy atom. The molecule has 0 aliphatic carbocycles. The molecule has 98 valence electrons. The van der Waals surface area contributed by atoms with Crippen LogP contribution >= 0.6 is 0 Å². The van der Waals surface area contributed by atoms with Crippen LogP contribution in [0.15, 0.2) is 60.8 Å². The lowest BCUT2D eigenvalue weighted by atomic mass is 10.2. The van der Waals surface area contributed by atoms with Gasteiger partial charge in [-0.25, -0.2) is 0 Å². The fourth-order valence-corrected chi connectivity index (χ4v) is 1.60. The van der Waals surface area contributed by atoms with E-state index >= 15 is 0 Å². The second-order valence-corrected chi connectivity index (χ2v) is 3.97. The first-order valence-corrected chi connectivity index (χ1v) is 5.84. The SMILES string of the molecule is [O-]N(O)C=Cc1cccc(OCc2ccccc2)c1. The van der Waals surface area contributed by atoms with Gasteiger partial charge in [-0.15, -0.1) is 0 Å². The van der Waals surface area contributed by atoms with Crippen LogP contribution in [0.2, 0.25) is 0 Å². The molecule has 0 spiro atoms. The third-order valence-corrected chi connectivity index (χ3v) is 2.50. The first-order chi connectivity index (χ1) is 9.24. The van der Waals surface area contributed by atoms with Gasteiger partial charge < -0.3 is 15.2 Å². The highest BCUT2D eigenvalue weighted by atomic mass is 16.8. The molecule has 0 atom stereocenters. The summed E-state index contributed by atoms with van der Waals surface area (Å²) in [4.78, 5) is 0. The molecule has 2 aromatic carbocycles. The predicted molar refractivity (Wildman–Crippen MR) is 73.2 cm³/mol. The van der Waals surface area contributed by atoms with E-state index in [2.05, 4.69) is 0 Å². The third-order valence-electron chi connectivity index (χ3n) is 2.50. The van der Waals surface area contributed by atoms with E-state index < -0.39 is 0 Å². The predicted octanol–water partition coefficient (Wildman–Crippen LogP) is 3.43. The topological polar surface area (TPSA) is 55.8 Å². The number of nitrogens with zero attached hydrogens (tertiary/aromatic N) is 1. The summed E-state index contributed by atoms with van der Waals surface area (Å²) in [6, 6.07) is 17.1. The molecular weight excluding hydrogens is 242 g/mol. The summed E-state index contributed by atoms with van der Waals surface area (Å²) >= 11 is 0. The highest BCUT2D eigenvalue weighted by Gasteiger charge is 1.96. The zero-order valence-corrected chi connectivity index (χ0v) is 10.3. The van der Waals surface area contributed by atoms with E-state index in [0.29, 0.717) is 12.4 Å². The number of hydrogen-bond donors (Lipinski definition) is 1. The molecule has 0 aliphatic heterocycles. The first kappa shape index (κ1) is 13.1. The van der Waals surface area contributed by atoms with Crippen LogP contribution < -0.4 is 4.74 Å². The van der Waals surface area contributed by atoms with E-state index in [1.165, 1.54) is 6.08 Å². The minimum atomic E-state index is -0.239. The molecule has 1 N–H and O–H groups in total. The van der Waals surface area contributed by atoms with Crippen molar-refractivity contribution in [1.82, 2.24) is 5.23 Å². The average molecular weight is 256 g/mol. The lowest BCUT2D eigenvalue weighted by molar-refractivity contribution is 0.0129. The maximum Gasteiger partial charge on any atom is 0.120 e. The van der Waals surface area contributed by atoms with E-state index in [0.717, 1.165) is 17.3 Å². The monoisotopic (exact) mass is 256 g/mol. The van der Waals surface area contributed by atoms with Gasteiger partial charge in [0.05, 0.1) is 0 Å². The summed E-state index contributed by atoms with van der Waals surface area (Å²) in [5, 5.41) is 18.6. The maximum atomic E-state index is 10.4. The Kier molecular flexibility index (Phi) is 4.55. The molecule has 0 aromatic heterocycles. The fraction of sp³-hybridized carbons (Fsp3) is 0.0667. The smallest absolute Gasteiger partial charge is 0.120 e.